The number of aldehydes is 1. The molecule has 2 aromatic carbocycles. The minimum Gasteiger partial charge on any atom is -0.488 e. The molecule has 0 bridgehead atoms. The van der Waals surface area contributed by atoms with Gasteiger partial charge in [0.25, 0.3) is 0 Å². The number of hydrogen-bond donors (Lipinski definition) is 0. The van der Waals surface area contributed by atoms with Gasteiger partial charge in [-0.3, -0.25) is 0 Å². The van der Waals surface area contributed by atoms with Gasteiger partial charge in [0.15, 0.2) is 0 Å². The van der Waals surface area contributed by atoms with Gasteiger partial charge in [-0.1, -0.05) is 39.7 Å². The van der Waals surface area contributed by atoms with Crippen molar-refractivity contribution in [3.63, 3.8) is 0 Å². The fourth-order valence-corrected chi connectivity index (χ4v) is 4.23. The molecule has 1 aliphatic heterocycles. The molecule has 0 aromatic heterocycles. The van der Waals surface area contributed by atoms with E-state index in [0.717, 1.165) is 41.6 Å². The third kappa shape index (κ3) is 2.19. The maximum atomic E-state index is 11.5. The zero-order valence-corrected chi connectivity index (χ0v) is 14.2. The Morgan fingerprint density at radius 2 is 2.05 bits per heavy atom. The Morgan fingerprint density at radius 1 is 1.18 bits per heavy atom. The molecule has 22 heavy (non-hydrogen) atoms. The molecule has 1 heterocycles. The van der Waals surface area contributed by atoms with Crippen LogP contribution in [0.5, 0.6) is 5.75 Å². The number of alkyl halides is 1. The van der Waals surface area contributed by atoms with Gasteiger partial charge in [0.1, 0.15) is 18.6 Å². The van der Waals surface area contributed by atoms with Crippen molar-refractivity contribution in [3.8, 4) is 16.9 Å². The van der Waals surface area contributed by atoms with E-state index >= 15 is 0 Å². The number of rotatable bonds is 1. The van der Waals surface area contributed by atoms with E-state index in [1.54, 1.807) is 0 Å². The lowest BCUT2D eigenvalue weighted by Gasteiger charge is -2.30. The smallest absolute Gasteiger partial charge is 0.129 e. The van der Waals surface area contributed by atoms with Crippen LogP contribution < -0.4 is 4.74 Å². The predicted octanol–water partition coefficient (Wildman–Crippen LogP) is 4.89. The van der Waals surface area contributed by atoms with Crippen molar-refractivity contribution in [1.29, 1.82) is 0 Å². The lowest BCUT2D eigenvalue weighted by molar-refractivity contribution is -0.109. The number of ether oxygens (including phenoxy) is 1. The van der Waals surface area contributed by atoms with Gasteiger partial charge in [-0.25, -0.2) is 0 Å². The van der Waals surface area contributed by atoms with Crippen LogP contribution in [0.2, 0.25) is 5.02 Å². The van der Waals surface area contributed by atoms with Crippen LogP contribution in [-0.4, -0.2) is 11.1 Å². The van der Waals surface area contributed by atoms with E-state index < -0.39 is 0 Å². The molecular weight excluding hydrogens is 364 g/mol. The molecule has 1 aliphatic carbocycles. The lowest BCUT2D eigenvalue weighted by Crippen LogP contribution is -2.22. The molecule has 2 unspecified atom stereocenters. The van der Waals surface area contributed by atoms with Gasteiger partial charge in [0.2, 0.25) is 0 Å². The van der Waals surface area contributed by atoms with E-state index in [1.807, 2.05) is 18.2 Å². The van der Waals surface area contributed by atoms with Crippen LogP contribution >= 0.6 is 27.5 Å². The molecule has 2 atom stereocenters. The Balaban J connectivity index is 1.88. The molecule has 4 heteroatoms. The van der Waals surface area contributed by atoms with Crippen molar-refractivity contribution in [1.82, 2.24) is 0 Å². The number of hydrogen-bond acceptors (Lipinski definition) is 2. The van der Waals surface area contributed by atoms with Gasteiger partial charge >= 0.3 is 0 Å². The molecule has 0 fully saturated rings. The summed E-state index contributed by atoms with van der Waals surface area (Å²) in [5, 5.41) is 0.684. The van der Waals surface area contributed by atoms with E-state index in [4.69, 9.17) is 16.3 Å². The average Bonchev–Trinajstić information content (AvgIpc) is 2.52. The maximum absolute atomic E-state index is 11.5. The number of fused-ring (bicyclic) bond motifs is 4. The van der Waals surface area contributed by atoms with Crippen LogP contribution in [0.1, 0.15) is 29.0 Å². The first-order valence-electron chi connectivity index (χ1n) is 7.35. The average molecular weight is 378 g/mol. The summed E-state index contributed by atoms with van der Waals surface area (Å²) in [7, 11) is 0. The van der Waals surface area contributed by atoms with Crippen molar-refractivity contribution in [3.05, 3.63) is 52.0 Å². The highest BCUT2D eigenvalue weighted by atomic mass is 79.9. The molecule has 2 aliphatic rings. The quantitative estimate of drug-likeness (QED) is 0.522. The third-order valence-corrected chi connectivity index (χ3v) is 5.83. The second kappa shape index (κ2) is 5.39. The van der Waals surface area contributed by atoms with Crippen LogP contribution in [-0.2, 0) is 17.8 Å². The summed E-state index contributed by atoms with van der Waals surface area (Å²) in [5.74, 6) is 0.765. The Hall–Kier alpha value is -1.32. The third-order valence-electron chi connectivity index (χ3n) is 4.57. The number of carbonyl (C=O) groups is 1. The van der Waals surface area contributed by atoms with Gasteiger partial charge in [0.05, 0.1) is 5.92 Å². The monoisotopic (exact) mass is 376 g/mol. The van der Waals surface area contributed by atoms with Crippen LogP contribution in [0, 0.1) is 0 Å². The van der Waals surface area contributed by atoms with Gasteiger partial charge < -0.3 is 9.53 Å². The first-order chi connectivity index (χ1) is 10.7. The Labute approximate surface area is 142 Å². The van der Waals surface area contributed by atoms with Crippen LogP contribution in [0.3, 0.4) is 0 Å². The largest absolute Gasteiger partial charge is 0.488 e. The van der Waals surface area contributed by atoms with Crippen LogP contribution in [0.15, 0.2) is 30.3 Å². The summed E-state index contributed by atoms with van der Waals surface area (Å²) >= 11 is 9.69. The normalized spacial score (nSPS) is 22.1. The SMILES string of the molecule is O=CC1c2cc3c(cc2CCC1Br)-c1ccc(Cl)cc1OC3. The molecule has 2 aromatic rings. The van der Waals surface area contributed by atoms with E-state index in [1.165, 1.54) is 11.1 Å². The van der Waals surface area contributed by atoms with Crippen molar-refractivity contribution in [2.24, 2.45) is 0 Å². The second-order valence-electron chi connectivity index (χ2n) is 5.85. The summed E-state index contributed by atoms with van der Waals surface area (Å²) in [6.07, 6.45) is 3.03. The van der Waals surface area contributed by atoms with Gasteiger partial charge in [-0.15, -0.1) is 0 Å². The van der Waals surface area contributed by atoms with E-state index in [9.17, 15) is 4.79 Å². The predicted molar refractivity (Wildman–Crippen MR) is 91.1 cm³/mol. The minimum atomic E-state index is -0.0688. The Kier molecular flexibility index (Phi) is 3.50. The second-order valence-corrected chi connectivity index (χ2v) is 7.47. The topological polar surface area (TPSA) is 26.3 Å². The zero-order valence-electron chi connectivity index (χ0n) is 11.8. The van der Waals surface area contributed by atoms with Gasteiger partial charge in [0, 0.05) is 15.4 Å². The number of halogens is 2. The van der Waals surface area contributed by atoms with Crippen molar-refractivity contribution in [2.45, 2.75) is 30.2 Å². The maximum Gasteiger partial charge on any atom is 0.129 e. The molecule has 0 spiro atoms. The fourth-order valence-electron chi connectivity index (χ4n) is 3.43. The Morgan fingerprint density at radius 3 is 2.86 bits per heavy atom. The number of aryl methyl sites for hydroxylation is 1. The first kappa shape index (κ1) is 14.3. The van der Waals surface area contributed by atoms with Crippen molar-refractivity contribution in [2.75, 3.05) is 0 Å². The van der Waals surface area contributed by atoms with Crippen LogP contribution in [0.4, 0.5) is 0 Å². The van der Waals surface area contributed by atoms with Crippen molar-refractivity contribution >= 4 is 33.8 Å². The molecule has 0 radical (unpaired) electrons. The Bertz CT molecular complexity index is 772. The summed E-state index contributed by atoms with van der Waals surface area (Å²) < 4.78 is 5.83. The highest BCUT2D eigenvalue weighted by Crippen LogP contribution is 2.43. The molecule has 0 saturated heterocycles. The van der Waals surface area contributed by atoms with Gasteiger partial charge in [-0.05, 0) is 53.3 Å². The van der Waals surface area contributed by atoms with Crippen LogP contribution in [0.25, 0.3) is 11.1 Å². The summed E-state index contributed by atoms with van der Waals surface area (Å²) in [6, 6.07) is 10.1. The summed E-state index contributed by atoms with van der Waals surface area (Å²) in [5.41, 5.74) is 5.84. The summed E-state index contributed by atoms with van der Waals surface area (Å²) in [4.78, 5) is 11.7. The molecule has 4 rings (SSSR count). The number of carbonyl (C=O) groups excluding carboxylic acids is 1. The van der Waals surface area contributed by atoms with E-state index in [2.05, 4.69) is 28.1 Å². The molecule has 0 amide bonds. The molecule has 2 nitrogen and oxygen atoms in total. The minimum absolute atomic E-state index is 0.0688. The standard InChI is InChI=1S/C18H14BrClO2/c19-17-4-1-10-5-15-11(6-14(10)16(17)8-21)9-22-18-7-12(20)2-3-13(15)18/h2-3,5-8,16-17H,1,4,9H2. The summed E-state index contributed by atoms with van der Waals surface area (Å²) in [6.45, 7) is 0.522. The molecular formula is C18H14BrClO2. The highest BCUT2D eigenvalue weighted by molar-refractivity contribution is 9.09. The van der Waals surface area contributed by atoms with E-state index in [-0.39, 0.29) is 10.7 Å². The first-order valence-corrected chi connectivity index (χ1v) is 8.64. The molecule has 0 saturated carbocycles. The fraction of sp³-hybridized carbons (Fsp3) is 0.278. The lowest BCUT2D eigenvalue weighted by atomic mass is 9.80. The van der Waals surface area contributed by atoms with E-state index in [0.29, 0.717) is 11.6 Å². The zero-order chi connectivity index (χ0) is 15.3. The molecule has 0 N–H and O–H groups in total. The molecule has 112 valence electrons. The van der Waals surface area contributed by atoms with Crippen molar-refractivity contribution < 1.29 is 9.53 Å². The number of benzene rings is 2. The highest BCUT2D eigenvalue weighted by Gasteiger charge is 2.30. The van der Waals surface area contributed by atoms with Gasteiger partial charge in [-0.2, -0.15) is 0 Å².